The van der Waals surface area contributed by atoms with Crippen LogP contribution in [0.2, 0.25) is 0 Å². The van der Waals surface area contributed by atoms with Gasteiger partial charge < -0.3 is 0 Å². The van der Waals surface area contributed by atoms with Crippen LogP contribution in [0.1, 0.15) is 33.6 Å². The monoisotopic (exact) mass is 112 g/mol. The maximum absolute atomic E-state index is 2.31. The lowest BCUT2D eigenvalue weighted by Crippen LogP contribution is -1.92. The zero-order valence-corrected chi connectivity index (χ0v) is 4.85. The van der Waals surface area contributed by atoms with Crippen molar-refractivity contribution < 1.29 is 0 Å². The van der Waals surface area contributed by atoms with Gasteiger partial charge in [-0.2, -0.15) is 0 Å². The molecule has 0 saturated carbocycles. The van der Waals surface area contributed by atoms with Gasteiger partial charge in [0.2, 0.25) is 0 Å². The highest BCUT2D eigenvalue weighted by molar-refractivity contribution is 4.90. The second-order valence-electron chi connectivity index (χ2n) is 2.34. The minimum atomic E-state index is 0. The van der Waals surface area contributed by atoms with Gasteiger partial charge in [-0.1, -0.05) is 26.5 Å². The van der Waals surface area contributed by atoms with Gasteiger partial charge >= 0.3 is 0 Å². The van der Waals surface area contributed by atoms with Crippen molar-refractivity contribution in [1.29, 1.82) is 0 Å². The lowest BCUT2D eigenvalue weighted by molar-refractivity contribution is 0.584. The summed E-state index contributed by atoms with van der Waals surface area (Å²) >= 11 is 0. The first-order valence-electron chi connectivity index (χ1n) is 3.06. The Labute approximate surface area is 52.6 Å². The second kappa shape index (κ2) is 3.71. The van der Waals surface area contributed by atoms with E-state index in [0.717, 1.165) is 5.92 Å². The molecule has 1 aliphatic rings. The maximum atomic E-state index is 2.31. The molecule has 1 atom stereocenters. The molecule has 8 heavy (non-hydrogen) atoms. The fourth-order valence-electron chi connectivity index (χ4n) is 0.982. The van der Waals surface area contributed by atoms with Crippen LogP contribution < -0.4 is 0 Å². The Bertz CT molecular complexity index is 72.1. The van der Waals surface area contributed by atoms with Gasteiger partial charge in [-0.25, -0.2) is 0 Å². The van der Waals surface area contributed by atoms with Gasteiger partial charge in [-0.15, -0.1) is 0 Å². The molecule has 0 saturated heterocycles. The van der Waals surface area contributed by atoms with Gasteiger partial charge in [-0.3, -0.25) is 0 Å². The lowest BCUT2D eigenvalue weighted by Gasteiger charge is -2.08. The van der Waals surface area contributed by atoms with Crippen LogP contribution in [-0.2, 0) is 0 Å². The van der Waals surface area contributed by atoms with Gasteiger partial charge in [0.05, 0.1) is 0 Å². The molecule has 1 aliphatic carbocycles. The number of rotatable bonds is 0. The molecule has 0 amide bonds. The summed E-state index contributed by atoms with van der Waals surface area (Å²) in [6.07, 6.45) is 8.70. The molecule has 0 aromatic heterocycles. The number of hydrogen-bond acceptors (Lipinski definition) is 0. The van der Waals surface area contributed by atoms with Gasteiger partial charge in [0.15, 0.2) is 0 Å². The van der Waals surface area contributed by atoms with E-state index in [-0.39, 0.29) is 7.43 Å². The summed E-state index contributed by atoms with van der Waals surface area (Å²) in [5.74, 6) is 0.855. The first kappa shape index (κ1) is 7.74. The Morgan fingerprint density at radius 3 is 2.50 bits per heavy atom. The normalized spacial score (nSPS) is 26.9. The average molecular weight is 112 g/mol. The molecule has 0 fully saturated rings. The molecule has 0 aromatic rings. The Balaban J connectivity index is 0.000000490. The molecule has 1 rings (SSSR count). The third-order valence-electron chi connectivity index (χ3n) is 1.49. The van der Waals surface area contributed by atoms with Crippen LogP contribution in [-0.4, -0.2) is 0 Å². The maximum Gasteiger partial charge on any atom is -0.0262 e. The molecule has 0 bridgehead atoms. The van der Waals surface area contributed by atoms with Crippen LogP contribution in [0.3, 0.4) is 0 Å². The summed E-state index contributed by atoms with van der Waals surface area (Å²) in [6, 6.07) is 0. The van der Waals surface area contributed by atoms with E-state index in [1.54, 1.807) is 0 Å². The third-order valence-corrected chi connectivity index (χ3v) is 1.49. The van der Waals surface area contributed by atoms with E-state index in [1.807, 2.05) is 0 Å². The Kier molecular flexibility index (Phi) is 3.59. The highest BCUT2D eigenvalue weighted by atomic mass is 14.0. The van der Waals surface area contributed by atoms with Crippen molar-refractivity contribution in [2.75, 3.05) is 0 Å². The standard InChI is InChI=1S/C7H12.CH4/c1-7-5-3-2-4-6-7;/h3,5,7H,2,4,6H2,1H3;1H4. The van der Waals surface area contributed by atoms with Crippen molar-refractivity contribution in [3.63, 3.8) is 0 Å². The van der Waals surface area contributed by atoms with Crippen LogP contribution in [0.5, 0.6) is 0 Å². The smallest absolute Gasteiger partial charge is 0.0262 e. The van der Waals surface area contributed by atoms with Crippen LogP contribution in [0.25, 0.3) is 0 Å². The largest absolute Gasteiger partial charge is 0.0883 e. The zero-order valence-electron chi connectivity index (χ0n) is 4.85. The van der Waals surface area contributed by atoms with Gasteiger partial charge in [-0.05, 0) is 25.2 Å². The molecular weight excluding hydrogens is 96.1 g/mol. The first-order valence-corrected chi connectivity index (χ1v) is 3.06. The number of allylic oxidation sites excluding steroid dienone is 2. The molecule has 0 nitrogen and oxygen atoms in total. The van der Waals surface area contributed by atoms with Crippen molar-refractivity contribution in [3.05, 3.63) is 12.2 Å². The summed E-state index contributed by atoms with van der Waals surface area (Å²) < 4.78 is 0. The highest BCUT2D eigenvalue weighted by Gasteiger charge is 1.98. The van der Waals surface area contributed by atoms with Gasteiger partial charge in [0.25, 0.3) is 0 Å². The Hall–Kier alpha value is -0.260. The van der Waals surface area contributed by atoms with E-state index in [1.165, 1.54) is 19.3 Å². The second-order valence-corrected chi connectivity index (χ2v) is 2.34. The van der Waals surface area contributed by atoms with E-state index < -0.39 is 0 Å². The molecule has 0 spiro atoms. The van der Waals surface area contributed by atoms with Crippen molar-refractivity contribution >= 4 is 0 Å². The van der Waals surface area contributed by atoms with Crippen molar-refractivity contribution in [2.24, 2.45) is 5.92 Å². The van der Waals surface area contributed by atoms with E-state index in [9.17, 15) is 0 Å². The van der Waals surface area contributed by atoms with Crippen molar-refractivity contribution in [1.82, 2.24) is 0 Å². The van der Waals surface area contributed by atoms with Crippen LogP contribution in [0.15, 0.2) is 12.2 Å². The molecule has 0 N–H and O–H groups in total. The third kappa shape index (κ3) is 2.15. The minimum Gasteiger partial charge on any atom is -0.0883 e. The molecule has 0 heteroatoms. The van der Waals surface area contributed by atoms with Crippen molar-refractivity contribution in [3.8, 4) is 0 Å². The van der Waals surface area contributed by atoms with E-state index in [0.29, 0.717) is 0 Å². The summed E-state index contributed by atoms with van der Waals surface area (Å²) in [5, 5.41) is 0. The average Bonchev–Trinajstić information content (AvgIpc) is 1.69. The Morgan fingerprint density at radius 1 is 1.50 bits per heavy atom. The molecular formula is C8H16. The molecule has 0 aromatic carbocycles. The highest BCUT2D eigenvalue weighted by Crippen LogP contribution is 2.14. The topological polar surface area (TPSA) is 0 Å². The van der Waals surface area contributed by atoms with Crippen LogP contribution >= 0.6 is 0 Å². The SMILES string of the molecule is C.CC1C=CCCC1. The Morgan fingerprint density at radius 2 is 2.25 bits per heavy atom. The molecule has 0 heterocycles. The summed E-state index contributed by atoms with van der Waals surface area (Å²) in [6.45, 7) is 2.27. The quantitative estimate of drug-likeness (QED) is 0.422. The fraction of sp³-hybridized carbons (Fsp3) is 0.750. The fourth-order valence-corrected chi connectivity index (χ4v) is 0.982. The van der Waals surface area contributed by atoms with Gasteiger partial charge in [0.1, 0.15) is 0 Å². The van der Waals surface area contributed by atoms with E-state index >= 15 is 0 Å². The van der Waals surface area contributed by atoms with Crippen molar-refractivity contribution in [2.45, 2.75) is 33.6 Å². The predicted octanol–water partition coefficient (Wildman–Crippen LogP) is 3.00. The molecule has 48 valence electrons. The zero-order chi connectivity index (χ0) is 5.11. The first-order chi connectivity index (χ1) is 3.39. The van der Waals surface area contributed by atoms with Crippen LogP contribution in [0.4, 0.5) is 0 Å². The number of hydrogen-bond donors (Lipinski definition) is 0. The predicted molar refractivity (Wildman–Crippen MR) is 38.9 cm³/mol. The summed E-state index contributed by atoms with van der Waals surface area (Å²) in [4.78, 5) is 0. The lowest BCUT2D eigenvalue weighted by atomic mass is 9.98. The van der Waals surface area contributed by atoms with E-state index in [2.05, 4.69) is 19.1 Å². The van der Waals surface area contributed by atoms with Gasteiger partial charge in [0, 0.05) is 0 Å². The van der Waals surface area contributed by atoms with Crippen LogP contribution in [0, 0.1) is 5.92 Å². The molecule has 0 aliphatic heterocycles. The molecule has 1 unspecified atom stereocenters. The van der Waals surface area contributed by atoms with E-state index in [4.69, 9.17) is 0 Å². The minimum absolute atomic E-state index is 0. The summed E-state index contributed by atoms with van der Waals surface area (Å²) in [5.41, 5.74) is 0. The molecule has 0 radical (unpaired) electrons. The summed E-state index contributed by atoms with van der Waals surface area (Å²) in [7, 11) is 0.